The Kier molecular flexibility index (Phi) is 3.52. The summed E-state index contributed by atoms with van der Waals surface area (Å²) in [5.41, 5.74) is 7.13. The van der Waals surface area contributed by atoms with E-state index in [0.29, 0.717) is 16.6 Å². The highest BCUT2D eigenvalue weighted by molar-refractivity contribution is 7.22. The summed E-state index contributed by atoms with van der Waals surface area (Å²) < 4.78 is 0.942. The van der Waals surface area contributed by atoms with Crippen molar-refractivity contribution in [3.8, 4) is 0 Å². The lowest BCUT2D eigenvalue weighted by Gasteiger charge is -2.17. The molecule has 0 aliphatic rings. The van der Waals surface area contributed by atoms with Crippen molar-refractivity contribution >= 4 is 32.6 Å². The quantitative estimate of drug-likeness (QED) is 0.894. The molecule has 0 spiro atoms. The summed E-state index contributed by atoms with van der Waals surface area (Å²) in [6, 6.07) is 5.60. The van der Waals surface area contributed by atoms with Crippen LogP contribution < -0.4 is 11.1 Å². The summed E-state index contributed by atoms with van der Waals surface area (Å²) >= 11 is 1.40. The van der Waals surface area contributed by atoms with Gasteiger partial charge in [0.05, 0.1) is 10.2 Å². The van der Waals surface area contributed by atoms with Crippen molar-refractivity contribution in [3.05, 3.63) is 23.8 Å². The number of anilines is 1. The zero-order valence-corrected chi connectivity index (χ0v) is 11.5. The SMILES string of the molecule is CC(C)C(C)NC(=O)c1ccc2nc(N)sc2c1. The zero-order valence-electron chi connectivity index (χ0n) is 10.7. The molecule has 0 fully saturated rings. The van der Waals surface area contributed by atoms with Crippen LogP contribution in [0.1, 0.15) is 31.1 Å². The third-order valence-electron chi connectivity index (χ3n) is 3.03. The number of nitrogens with one attached hydrogen (secondary N) is 1. The van der Waals surface area contributed by atoms with E-state index in [1.54, 1.807) is 6.07 Å². The molecule has 2 aromatic rings. The molecule has 4 nitrogen and oxygen atoms in total. The largest absolute Gasteiger partial charge is 0.375 e. The fraction of sp³-hybridized carbons (Fsp3) is 0.385. The first-order valence-electron chi connectivity index (χ1n) is 5.94. The lowest BCUT2D eigenvalue weighted by Crippen LogP contribution is -2.36. The maximum Gasteiger partial charge on any atom is 0.251 e. The van der Waals surface area contributed by atoms with Crippen molar-refractivity contribution in [3.63, 3.8) is 0 Å². The van der Waals surface area contributed by atoms with Gasteiger partial charge in [0.25, 0.3) is 5.91 Å². The van der Waals surface area contributed by atoms with Crippen molar-refractivity contribution in [2.75, 3.05) is 5.73 Å². The lowest BCUT2D eigenvalue weighted by atomic mass is 10.1. The average Bonchev–Trinajstić information content (AvgIpc) is 2.67. The fourth-order valence-corrected chi connectivity index (χ4v) is 2.31. The summed E-state index contributed by atoms with van der Waals surface area (Å²) in [7, 11) is 0. The number of nitrogens with zero attached hydrogens (tertiary/aromatic N) is 1. The number of nitrogens with two attached hydrogens (primary N) is 1. The molecule has 0 bridgehead atoms. The van der Waals surface area contributed by atoms with E-state index < -0.39 is 0 Å². The highest BCUT2D eigenvalue weighted by atomic mass is 32.1. The van der Waals surface area contributed by atoms with Crippen molar-refractivity contribution < 1.29 is 4.79 Å². The first-order valence-corrected chi connectivity index (χ1v) is 6.76. The summed E-state index contributed by atoms with van der Waals surface area (Å²) in [6.45, 7) is 6.17. The lowest BCUT2D eigenvalue weighted by molar-refractivity contribution is 0.0930. The monoisotopic (exact) mass is 263 g/mol. The van der Waals surface area contributed by atoms with E-state index in [2.05, 4.69) is 24.1 Å². The highest BCUT2D eigenvalue weighted by Crippen LogP contribution is 2.24. The van der Waals surface area contributed by atoms with Gasteiger partial charge in [-0.15, -0.1) is 0 Å². The van der Waals surface area contributed by atoms with E-state index in [1.807, 2.05) is 19.1 Å². The number of carbonyl (C=O) groups is 1. The van der Waals surface area contributed by atoms with E-state index in [9.17, 15) is 4.79 Å². The molecule has 1 aromatic heterocycles. The van der Waals surface area contributed by atoms with Crippen LogP contribution in [0.3, 0.4) is 0 Å². The van der Waals surface area contributed by atoms with Crippen molar-refractivity contribution in [2.45, 2.75) is 26.8 Å². The van der Waals surface area contributed by atoms with Gasteiger partial charge in [0.2, 0.25) is 0 Å². The van der Waals surface area contributed by atoms with Crippen LogP contribution in [-0.4, -0.2) is 16.9 Å². The molecule has 0 saturated carbocycles. The highest BCUT2D eigenvalue weighted by Gasteiger charge is 2.13. The molecule has 18 heavy (non-hydrogen) atoms. The predicted molar refractivity (Wildman–Crippen MR) is 75.8 cm³/mol. The third-order valence-corrected chi connectivity index (χ3v) is 3.87. The van der Waals surface area contributed by atoms with Crippen LogP contribution in [0.5, 0.6) is 0 Å². The van der Waals surface area contributed by atoms with Crippen LogP contribution in [-0.2, 0) is 0 Å². The summed E-state index contributed by atoms with van der Waals surface area (Å²) in [5, 5.41) is 3.51. The number of amides is 1. The molecular weight excluding hydrogens is 246 g/mol. The first-order chi connectivity index (χ1) is 8.47. The Morgan fingerprint density at radius 2 is 2.11 bits per heavy atom. The molecule has 2 rings (SSSR count). The molecule has 0 saturated heterocycles. The number of aromatic nitrogens is 1. The number of thiazole rings is 1. The van der Waals surface area contributed by atoms with Crippen LogP contribution in [0.25, 0.3) is 10.2 Å². The van der Waals surface area contributed by atoms with E-state index in [0.717, 1.165) is 10.2 Å². The minimum Gasteiger partial charge on any atom is -0.375 e. The second-order valence-electron chi connectivity index (χ2n) is 4.74. The van der Waals surface area contributed by atoms with Crippen LogP contribution in [0.15, 0.2) is 18.2 Å². The minimum absolute atomic E-state index is 0.0509. The van der Waals surface area contributed by atoms with Crippen molar-refractivity contribution in [2.24, 2.45) is 5.92 Å². The second-order valence-corrected chi connectivity index (χ2v) is 5.80. The molecule has 3 N–H and O–H groups in total. The van der Waals surface area contributed by atoms with Gasteiger partial charge in [-0.2, -0.15) is 0 Å². The molecule has 0 radical (unpaired) electrons. The zero-order chi connectivity index (χ0) is 13.3. The minimum atomic E-state index is -0.0509. The number of nitrogen functional groups attached to an aromatic ring is 1. The van der Waals surface area contributed by atoms with E-state index in [1.165, 1.54) is 11.3 Å². The van der Waals surface area contributed by atoms with Gasteiger partial charge in [0.15, 0.2) is 5.13 Å². The van der Waals surface area contributed by atoms with Gasteiger partial charge in [-0.05, 0) is 31.0 Å². The van der Waals surface area contributed by atoms with E-state index in [4.69, 9.17) is 5.73 Å². The number of rotatable bonds is 3. The Balaban J connectivity index is 2.22. The Bertz CT molecular complexity index is 577. The molecule has 1 amide bonds. The van der Waals surface area contributed by atoms with Gasteiger partial charge in [0, 0.05) is 11.6 Å². The smallest absolute Gasteiger partial charge is 0.251 e. The number of carbonyl (C=O) groups excluding carboxylic acids is 1. The van der Waals surface area contributed by atoms with Crippen LogP contribution in [0, 0.1) is 5.92 Å². The van der Waals surface area contributed by atoms with Gasteiger partial charge in [-0.25, -0.2) is 4.98 Å². The molecule has 0 aliphatic heterocycles. The Morgan fingerprint density at radius 1 is 1.39 bits per heavy atom. The van der Waals surface area contributed by atoms with Gasteiger partial charge in [-0.3, -0.25) is 4.79 Å². The Hall–Kier alpha value is -1.62. The number of benzene rings is 1. The molecule has 5 heteroatoms. The van der Waals surface area contributed by atoms with Gasteiger partial charge >= 0.3 is 0 Å². The summed E-state index contributed by atoms with van der Waals surface area (Å²) in [4.78, 5) is 16.2. The Morgan fingerprint density at radius 3 is 2.78 bits per heavy atom. The van der Waals surface area contributed by atoms with Gasteiger partial charge < -0.3 is 11.1 Å². The van der Waals surface area contributed by atoms with E-state index in [-0.39, 0.29) is 11.9 Å². The average molecular weight is 263 g/mol. The standard InChI is InChI=1S/C13H17N3OS/c1-7(2)8(3)15-12(17)9-4-5-10-11(6-9)18-13(14)16-10/h4-8H,1-3H3,(H2,14,16)(H,15,17). The van der Waals surface area contributed by atoms with Crippen LogP contribution in [0.4, 0.5) is 5.13 Å². The van der Waals surface area contributed by atoms with Gasteiger partial charge in [-0.1, -0.05) is 25.2 Å². The molecule has 1 aromatic carbocycles. The molecule has 96 valence electrons. The van der Waals surface area contributed by atoms with Gasteiger partial charge in [0.1, 0.15) is 0 Å². The Labute approximate surface area is 110 Å². The molecular formula is C13H17N3OS. The normalized spacial score (nSPS) is 12.9. The maximum atomic E-state index is 12.1. The maximum absolute atomic E-state index is 12.1. The summed E-state index contributed by atoms with van der Waals surface area (Å²) in [6.07, 6.45) is 0. The fourth-order valence-electron chi connectivity index (χ4n) is 1.54. The van der Waals surface area contributed by atoms with E-state index >= 15 is 0 Å². The van der Waals surface area contributed by atoms with Crippen molar-refractivity contribution in [1.82, 2.24) is 10.3 Å². The van der Waals surface area contributed by atoms with Crippen LogP contribution >= 0.6 is 11.3 Å². The number of hydrogen-bond acceptors (Lipinski definition) is 4. The molecule has 1 unspecified atom stereocenters. The second kappa shape index (κ2) is 4.94. The van der Waals surface area contributed by atoms with Crippen LogP contribution in [0.2, 0.25) is 0 Å². The molecule has 1 atom stereocenters. The topological polar surface area (TPSA) is 68.0 Å². The number of fused-ring (bicyclic) bond motifs is 1. The predicted octanol–water partition coefficient (Wildman–Crippen LogP) is 2.65. The first kappa shape index (κ1) is 12.8. The molecule has 0 aliphatic carbocycles. The number of hydrogen-bond donors (Lipinski definition) is 2. The summed E-state index contributed by atoms with van der Waals surface area (Å²) in [5.74, 6) is 0.363. The third kappa shape index (κ3) is 2.61. The van der Waals surface area contributed by atoms with Crippen molar-refractivity contribution in [1.29, 1.82) is 0 Å². The molecule has 1 heterocycles.